The summed E-state index contributed by atoms with van der Waals surface area (Å²) in [5.74, 6) is 0.138. The zero-order chi connectivity index (χ0) is 18.1. The van der Waals surface area contributed by atoms with Gasteiger partial charge in [0.25, 0.3) is 0 Å². The quantitative estimate of drug-likeness (QED) is 0.753. The van der Waals surface area contributed by atoms with E-state index >= 15 is 0 Å². The van der Waals surface area contributed by atoms with E-state index in [1.54, 1.807) is 6.92 Å². The Balaban J connectivity index is 0.00000312. The van der Waals surface area contributed by atoms with Crippen LogP contribution < -0.4 is 10.5 Å². The third-order valence-electron chi connectivity index (χ3n) is 4.51. The predicted octanol–water partition coefficient (Wildman–Crippen LogP) is 1.07. The Bertz CT molecular complexity index is 810. The number of nitrogens with zero attached hydrogens (tertiary/aromatic N) is 1. The van der Waals surface area contributed by atoms with Crippen LogP contribution in [0.3, 0.4) is 0 Å². The molecule has 0 radical (unpaired) electrons. The Labute approximate surface area is 156 Å². The molecule has 7 nitrogen and oxygen atoms in total. The van der Waals surface area contributed by atoms with Gasteiger partial charge >= 0.3 is 0 Å². The summed E-state index contributed by atoms with van der Waals surface area (Å²) in [7, 11) is -5.95. The summed E-state index contributed by atoms with van der Waals surface area (Å²) in [5, 5.41) is 0. The second-order valence-electron chi connectivity index (χ2n) is 6.26. The molecule has 0 saturated carbocycles. The second kappa shape index (κ2) is 8.32. The van der Waals surface area contributed by atoms with Crippen molar-refractivity contribution in [1.29, 1.82) is 0 Å². The number of hydrogen-bond acceptors (Lipinski definition) is 5. The first-order valence-corrected chi connectivity index (χ1v) is 10.8. The second-order valence-corrected chi connectivity index (χ2v) is 10.1. The van der Waals surface area contributed by atoms with Crippen molar-refractivity contribution in [2.45, 2.75) is 42.5 Å². The molecule has 2 unspecified atom stereocenters. The zero-order valence-corrected chi connectivity index (χ0v) is 17.0. The van der Waals surface area contributed by atoms with Crippen molar-refractivity contribution in [3.05, 3.63) is 23.8 Å². The lowest BCUT2D eigenvalue weighted by molar-refractivity contribution is 0.243. The number of aryl methyl sites for hydroxylation is 1. The molecule has 1 saturated heterocycles. The van der Waals surface area contributed by atoms with Crippen molar-refractivity contribution >= 4 is 32.5 Å². The maximum absolute atomic E-state index is 12.9. The highest BCUT2D eigenvalue weighted by Crippen LogP contribution is 2.27. The molecule has 1 fully saturated rings. The Morgan fingerprint density at radius 2 is 1.92 bits per heavy atom. The number of benzene rings is 1. The molecule has 1 aliphatic heterocycles. The summed E-state index contributed by atoms with van der Waals surface area (Å²) in [4.78, 5) is 0.191. The molecule has 25 heavy (non-hydrogen) atoms. The maximum atomic E-state index is 12.9. The molecule has 1 aromatic rings. The summed E-state index contributed by atoms with van der Waals surface area (Å²) in [6, 6.07) is 4.03. The number of halogens is 1. The first kappa shape index (κ1) is 22.3. The largest absolute Gasteiger partial charge is 0.328 e. The van der Waals surface area contributed by atoms with Gasteiger partial charge in [-0.2, -0.15) is 4.31 Å². The predicted molar refractivity (Wildman–Crippen MR) is 99.8 cm³/mol. The van der Waals surface area contributed by atoms with Crippen LogP contribution in [0.1, 0.15) is 25.3 Å². The van der Waals surface area contributed by atoms with Gasteiger partial charge in [-0.15, -0.1) is 12.4 Å². The van der Waals surface area contributed by atoms with Gasteiger partial charge in [-0.3, -0.25) is 0 Å². The average Bonchev–Trinajstić information content (AvgIpc) is 2.54. The highest BCUT2D eigenvalue weighted by atomic mass is 35.5. The first-order valence-electron chi connectivity index (χ1n) is 7.89. The van der Waals surface area contributed by atoms with E-state index in [0.29, 0.717) is 18.7 Å². The van der Waals surface area contributed by atoms with E-state index < -0.39 is 20.0 Å². The van der Waals surface area contributed by atoms with Crippen LogP contribution in [-0.4, -0.2) is 47.3 Å². The molecule has 1 heterocycles. The van der Waals surface area contributed by atoms with E-state index in [1.807, 2.05) is 6.92 Å². The highest BCUT2D eigenvalue weighted by molar-refractivity contribution is 7.89. The number of sulfonamides is 2. The lowest BCUT2D eigenvalue weighted by Gasteiger charge is -2.33. The van der Waals surface area contributed by atoms with Gasteiger partial charge in [-0.05, 0) is 63.4 Å². The Morgan fingerprint density at radius 1 is 1.28 bits per heavy atom. The fourth-order valence-electron chi connectivity index (χ4n) is 2.96. The minimum atomic E-state index is -3.66. The summed E-state index contributed by atoms with van der Waals surface area (Å²) < 4.78 is 53.2. The molecule has 10 heteroatoms. The van der Waals surface area contributed by atoms with Gasteiger partial charge < -0.3 is 5.73 Å². The van der Waals surface area contributed by atoms with Gasteiger partial charge in [0.15, 0.2) is 0 Å². The molecule has 3 N–H and O–H groups in total. The fourth-order valence-corrected chi connectivity index (χ4v) is 5.54. The van der Waals surface area contributed by atoms with E-state index in [4.69, 9.17) is 5.73 Å². The fraction of sp³-hybridized carbons (Fsp3) is 0.600. The molecule has 0 aliphatic carbocycles. The van der Waals surface area contributed by atoms with Crippen LogP contribution in [0.2, 0.25) is 0 Å². The summed E-state index contributed by atoms with van der Waals surface area (Å²) in [6.45, 7) is 4.34. The van der Waals surface area contributed by atoms with Crippen molar-refractivity contribution in [3.63, 3.8) is 0 Å². The summed E-state index contributed by atoms with van der Waals surface area (Å²) in [5.41, 5.74) is 6.32. The van der Waals surface area contributed by atoms with E-state index in [2.05, 4.69) is 4.72 Å². The van der Waals surface area contributed by atoms with Gasteiger partial charge in [0, 0.05) is 19.1 Å². The van der Waals surface area contributed by atoms with Gasteiger partial charge in [-0.25, -0.2) is 21.6 Å². The minimum absolute atomic E-state index is 0. The maximum Gasteiger partial charge on any atom is 0.243 e. The molecule has 1 aromatic carbocycles. The molecule has 2 atom stereocenters. The molecule has 0 amide bonds. The number of rotatable bonds is 5. The van der Waals surface area contributed by atoms with Crippen LogP contribution in [0.15, 0.2) is 28.0 Å². The third kappa shape index (κ3) is 4.72. The van der Waals surface area contributed by atoms with Crippen molar-refractivity contribution in [1.82, 2.24) is 9.03 Å². The lowest BCUT2D eigenvalue weighted by atomic mass is 9.93. The number of piperidine rings is 1. The van der Waals surface area contributed by atoms with Crippen molar-refractivity contribution in [3.8, 4) is 0 Å². The van der Waals surface area contributed by atoms with Gasteiger partial charge in [-0.1, -0.05) is 0 Å². The van der Waals surface area contributed by atoms with E-state index in [0.717, 1.165) is 12.8 Å². The minimum Gasteiger partial charge on any atom is -0.328 e. The Hall–Kier alpha value is -0.710. The average molecular weight is 412 g/mol. The molecular weight excluding hydrogens is 386 g/mol. The van der Waals surface area contributed by atoms with Crippen LogP contribution in [-0.2, 0) is 20.0 Å². The molecule has 1 aliphatic rings. The number of hydrogen-bond donors (Lipinski definition) is 2. The van der Waals surface area contributed by atoms with Crippen molar-refractivity contribution in [2.24, 2.45) is 11.7 Å². The Kier molecular flexibility index (Phi) is 7.43. The van der Waals surface area contributed by atoms with Crippen LogP contribution in [0.25, 0.3) is 0 Å². The van der Waals surface area contributed by atoms with E-state index in [9.17, 15) is 16.8 Å². The van der Waals surface area contributed by atoms with Crippen LogP contribution in [0, 0.1) is 12.8 Å². The number of nitrogens with two attached hydrogens (primary N) is 1. The van der Waals surface area contributed by atoms with E-state index in [1.165, 1.54) is 29.6 Å². The number of nitrogens with one attached hydrogen (secondary N) is 1. The van der Waals surface area contributed by atoms with Gasteiger partial charge in [0.1, 0.15) is 0 Å². The first-order chi connectivity index (χ1) is 11.1. The molecule has 2 rings (SSSR count). The smallest absolute Gasteiger partial charge is 0.243 e. The normalized spacial score (nSPS) is 20.7. The SMILES string of the molecule is CNS(=O)(=O)c1ccc(S(=O)(=O)N2CCCC(C(C)N)C2)cc1C.Cl. The molecule has 0 aromatic heterocycles. The molecule has 0 bridgehead atoms. The van der Waals surface area contributed by atoms with Crippen LogP contribution in [0.5, 0.6) is 0 Å². The lowest BCUT2D eigenvalue weighted by Crippen LogP contribution is -2.44. The van der Waals surface area contributed by atoms with Gasteiger partial charge in [0.05, 0.1) is 9.79 Å². The molecule has 144 valence electrons. The van der Waals surface area contributed by atoms with Gasteiger partial charge in [0.2, 0.25) is 20.0 Å². The van der Waals surface area contributed by atoms with Crippen LogP contribution >= 0.6 is 12.4 Å². The van der Waals surface area contributed by atoms with Crippen LogP contribution in [0.4, 0.5) is 0 Å². The molecular formula is C15H26ClN3O4S2. The monoisotopic (exact) mass is 411 g/mol. The van der Waals surface area contributed by atoms with Crippen molar-refractivity contribution in [2.75, 3.05) is 20.1 Å². The highest BCUT2D eigenvalue weighted by Gasteiger charge is 2.32. The third-order valence-corrected chi connectivity index (χ3v) is 7.94. The Morgan fingerprint density at radius 3 is 2.44 bits per heavy atom. The van der Waals surface area contributed by atoms with Crippen molar-refractivity contribution < 1.29 is 16.8 Å². The zero-order valence-electron chi connectivity index (χ0n) is 14.6. The summed E-state index contributed by atoms with van der Waals surface area (Å²) in [6.07, 6.45) is 1.69. The standard InChI is InChI=1S/C15H25N3O4S2.ClH/c1-11-9-14(6-7-15(11)23(19,20)17-3)24(21,22)18-8-4-5-13(10-18)12(2)16;/h6-7,9,12-13,17H,4-5,8,10,16H2,1-3H3;1H. The topological polar surface area (TPSA) is 110 Å². The molecule has 0 spiro atoms. The summed E-state index contributed by atoms with van der Waals surface area (Å²) >= 11 is 0. The van der Waals surface area contributed by atoms with E-state index in [-0.39, 0.29) is 34.2 Å².